The Balaban J connectivity index is 2.01. The molecule has 1 aliphatic carbocycles. The third-order valence-electron chi connectivity index (χ3n) is 4.75. The van der Waals surface area contributed by atoms with Crippen molar-refractivity contribution in [1.29, 1.82) is 5.26 Å². The Labute approximate surface area is 169 Å². The fraction of sp³-hybridized carbons (Fsp3) is 0.222. The number of anilines is 1. The molecule has 136 valence electrons. The van der Waals surface area contributed by atoms with E-state index in [9.17, 15) is 10.1 Å². The Bertz CT molecular complexity index is 1110. The summed E-state index contributed by atoms with van der Waals surface area (Å²) in [5.74, 6) is -0.311. The summed E-state index contributed by atoms with van der Waals surface area (Å²) in [6.07, 6.45) is 1.81. The number of nitrogens with one attached hydrogen (secondary N) is 1. The average Bonchev–Trinajstić information content (AvgIpc) is 3.07. The molecule has 1 unspecified atom stereocenters. The van der Waals surface area contributed by atoms with Crippen molar-refractivity contribution >= 4 is 46.1 Å². The Morgan fingerprint density at radius 2 is 2.19 bits per heavy atom. The number of nitrogens with two attached hydrogens (primary N) is 1. The van der Waals surface area contributed by atoms with Gasteiger partial charge in [-0.05, 0) is 36.7 Å². The number of carbonyl (C=O) groups is 1. The molecule has 1 atom stereocenters. The molecule has 0 saturated heterocycles. The van der Waals surface area contributed by atoms with Crippen molar-refractivity contribution < 1.29 is 4.79 Å². The van der Waals surface area contributed by atoms with Crippen LogP contribution in [0.5, 0.6) is 0 Å². The van der Waals surface area contributed by atoms with E-state index in [1.807, 2.05) is 18.2 Å². The Morgan fingerprint density at radius 1 is 1.41 bits per heavy atom. The number of H-pyrrole nitrogens is 1. The monoisotopic (exact) mass is 415 g/mol. The normalized spacial score (nSPS) is 19.9. The standard InChI is InChI=1S/C18H14ClN5OS2/c19-11-5-2-1-4-9(11)14-10(8-20)16(21)24(17-22-23-18(26)27-17)12-6-3-7-13(25)15(12)14/h1-2,4-5,14H,3,6-7,21H2,(H,23,26). The number of aromatic amines is 1. The van der Waals surface area contributed by atoms with E-state index in [-0.39, 0.29) is 11.6 Å². The van der Waals surface area contributed by atoms with E-state index in [2.05, 4.69) is 16.3 Å². The van der Waals surface area contributed by atoms with Crippen molar-refractivity contribution in [1.82, 2.24) is 10.2 Å². The van der Waals surface area contributed by atoms with Crippen LogP contribution < -0.4 is 10.6 Å². The van der Waals surface area contributed by atoms with Crippen molar-refractivity contribution in [3.8, 4) is 6.07 Å². The molecule has 1 aromatic carbocycles. The van der Waals surface area contributed by atoms with Gasteiger partial charge in [-0.25, -0.2) is 0 Å². The van der Waals surface area contributed by atoms with Crippen LogP contribution in [0.15, 0.2) is 46.9 Å². The quantitative estimate of drug-likeness (QED) is 0.714. The van der Waals surface area contributed by atoms with Gasteiger partial charge in [0.25, 0.3) is 0 Å². The molecule has 2 aromatic rings. The van der Waals surface area contributed by atoms with Crippen molar-refractivity contribution in [3.05, 3.63) is 61.5 Å². The van der Waals surface area contributed by atoms with Crippen LogP contribution in [0.1, 0.15) is 30.7 Å². The Kier molecular flexibility index (Phi) is 4.60. The molecule has 0 spiro atoms. The summed E-state index contributed by atoms with van der Waals surface area (Å²) in [6.45, 7) is 0. The van der Waals surface area contributed by atoms with E-state index >= 15 is 0 Å². The number of hydrogen-bond acceptors (Lipinski definition) is 7. The summed E-state index contributed by atoms with van der Waals surface area (Å²) in [7, 11) is 0. The van der Waals surface area contributed by atoms with Crippen LogP contribution in [0.4, 0.5) is 5.13 Å². The molecule has 1 aromatic heterocycles. The third-order valence-corrected chi connectivity index (χ3v) is 6.17. The molecule has 27 heavy (non-hydrogen) atoms. The van der Waals surface area contributed by atoms with E-state index < -0.39 is 5.92 Å². The molecular weight excluding hydrogens is 402 g/mol. The minimum absolute atomic E-state index is 0.00514. The average molecular weight is 416 g/mol. The van der Waals surface area contributed by atoms with Crippen LogP contribution in [0.2, 0.25) is 5.02 Å². The molecule has 1 aliphatic heterocycles. The molecule has 0 fully saturated rings. The van der Waals surface area contributed by atoms with Crippen LogP contribution in [-0.2, 0) is 4.79 Å². The van der Waals surface area contributed by atoms with Crippen molar-refractivity contribution in [2.24, 2.45) is 5.73 Å². The molecular formula is C18H14ClN5OS2. The molecule has 4 rings (SSSR count). The lowest BCUT2D eigenvalue weighted by atomic mass is 9.76. The van der Waals surface area contributed by atoms with Gasteiger partial charge < -0.3 is 5.73 Å². The number of Topliss-reactive ketones (excluding diaryl/α,β-unsaturated/α-hetero) is 1. The SMILES string of the molecule is N#CC1=C(N)N(c2n[nH]c(=S)s2)C2=C(C(=O)CCC2)C1c1ccccc1Cl. The first-order valence-corrected chi connectivity index (χ1v) is 9.89. The lowest BCUT2D eigenvalue weighted by Crippen LogP contribution is -2.38. The number of nitriles is 1. The highest BCUT2D eigenvalue weighted by Gasteiger charge is 2.41. The van der Waals surface area contributed by atoms with Gasteiger partial charge in [0.15, 0.2) is 9.74 Å². The van der Waals surface area contributed by atoms with Gasteiger partial charge in [0, 0.05) is 22.7 Å². The zero-order valence-corrected chi connectivity index (χ0v) is 16.4. The van der Waals surface area contributed by atoms with Crippen molar-refractivity contribution in [2.75, 3.05) is 4.90 Å². The highest BCUT2D eigenvalue weighted by Crippen LogP contribution is 2.47. The number of benzene rings is 1. The highest BCUT2D eigenvalue weighted by atomic mass is 35.5. The summed E-state index contributed by atoms with van der Waals surface area (Å²) < 4.78 is 0.494. The van der Waals surface area contributed by atoms with Crippen LogP contribution in [-0.4, -0.2) is 16.0 Å². The van der Waals surface area contributed by atoms with Crippen molar-refractivity contribution in [3.63, 3.8) is 0 Å². The number of ketones is 1. The highest BCUT2D eigenvalue weighted by molar-refractivity contribution is 7.73. The minimum Gasteiger partial charge on any atom is -0.384 e. The second kappa shape index (κ2) is 6.93. The fourth-order valence-electron chi connectivity index (χ4n) is 3.64. The molecule has 2 heterocycles. The maximum absolute atomic E-state index is 12.9. The zero-order chi connectivity index (χ0) is 19.1. The largest absolute Gasteiger partial charge is 0.384 e. The lowest BCUT2D eigenvalue weighted by molar-refractivity contribution is -0.116. The fourth-order valence-corrected chi connectivity index (χ4v) is 4.81. The van der Waals surface area contributed by atoms with Crippen LogP contribution >= 0.6 is 35.2 Å². The maximum Gasteiger partial charge on any atom is 0.216 e. The lowest BCUT2D eigenvalue weighted by Gasteiger charge is -2.38. The number of halogens is 1. The van der Waals surface area contributed by atoms with Crippen LogP contribution in [0.25, 0.3) is 0 Å². The summed E-state index contributed by atoms with van der Waals surface area (Å²) in [6, 6.07) is 9.43. The predicted octanol–water partition coefficient (Wildman–Crippen LogP) is 4.16. The minimum atomic E-state index is -0.574. The van der Waals surface area contributed by atoms with E-state index in [4.69, 9.17) is 29.6 Å². The van der Waals surface area contributed by atoms with Gasteiger partial charge in [0.05, 0.1) is 17.6 Å². The van der Waals surface area contributed by atoms with Gasteiger partial charge in [-0.15, -0.1) is 5.10 Å². The molecule has 3 N–H and O–H groups in total. The smallest absolute Gasteiger partial charge is 0.216 e. The first kappa shape index (κ1) is 17.9. The van der Waals surface area contributed by atoms with Crippen LogP contribution in [0, 0.1) is 15.3 Å². The molecule has 0 radical (unpaired) electrons. The molecule has 6 nitrogen and oxygen atoms in total. The summed E-state index contributed by atoms with van der Waals surface area (Å²) >= 11 is 12.8. The van der Waals surface area contributed by atoms with E-state index in [1.54, 1.807) is 11.0 Å². The molecule has 2 aliphatic rings. The van der Waals surface area contributed by atoms with Gasteiger partial charge in [-0.1, -0.05) is 41.1 Å². The topological polar surface area (TPSA) is 98.8 Å². The number of allylic oxidation sites excluding steroid dienone is 3. The summed E-state index contributed by atoms with van der Waals surface area (Å²) in [4.78, 5) is 14.6. The second-order valence-electron chi connectivity index (χ2n) is 6.23. The number of hydrogen-bond donors (Lipinski definition) is 2. The first-order valence-electron chi connectivity index (χ1n) is 8.29. The first-order chi connectivity index (χ1) is 13.0. The van der Waals surface area contributed by atoms with Gasteiger partial charge in [0.1, 0.15) is 5.82 Å². The van der Waals surface area contributed by atoms with Gasteiger partial charge in [0.2, 0.25) is 5.13 Å². The van der Waals surface area contributed by atoms with E-state index in [1.165, 1.54) is 11.3 Å². The molecule has 9 heteroatoms. The zero-order valence-electron chi connectivity index (χ0n) is 14.0. The number of nitrogens with zero attached hydrogens (tertiary/aromatic N) is 3. The summed E-state index contributed by atoms with van der Waals surface area (Å²) in [5.41, 5.74) is 8.75. The Hall–Kier alpha value is -2.47. The molecule has 0 bridgehead atoms. The second-order valence-corrected chi connectivity index (χ2v) is 8.28. The predicted molar refractivity (Wildman–Crippen MR) is 107 cm³/mol. The molecule has 0 saturated carbocycles. The summed E-state index contributed by atoms with van der Waals surface area (Å²) in [5, 5.41) is 17.8. The number of aromatic nitrogens is 2. The third kappa shape index (κ3) is 2.88. The maximum atomic E-state index is 12.9. The van der Waals surface area contributed by atoms with Crippen molar-refractivity contribution in [2.45, 2.75) is 25.2 Å². The van der Waals surface area contributed by atoms with Gasteiger partial charge in [-0.3, -0.25) is 14.8 Å². The van der Waals surface area contributed by atoms with Crippen LogP contribution in [0.3, 0.4) is 0 Å². The van der Waals surface area contributed by atoms with E-state index in [0.717, 1.165) is 5.70 Å². The molecule has 0 amide bonds. The van der Waals surface area contributed by atoms with Gasteiger partial charge in [-0.2, -0.15) is 5.26 Å². The van der Waals surface area contributed by atoms with Gasteiger partial charge >= 0.3 is 0 Å². The Morgan fingerprint density at radius 3 is 2.85 bits per heavy atom. The van der Waals surface area contributed by atoms with E-state index in [0.29, 0.717) is 50.1 Å². The number of carbonyl (C=O) groups excluding carboxylic acids is 1. The number of rotatable bonds is 2.